The zero-order valence-electron chi connectivity index (χ0n) is 12.4. The van der Waals surface area contributed by atoms with Gasteiger partial charge in [-0.1, -0.05) is 32.9 Å². The van der Waals surface area contributed by atoms with Crippen molar-refractivity contribution < 1.29 is 9.22 Å². The van der Waals surface area contributed by atoms with E-state index in [-0.39, 0.29) is 29.0 Å². The van der Waals surface area contributed by atoms with Crippen LogP contribution < -0.4 is 0 Å². The van der Waals surface area contributed by atoms with Gasteiger partial charge < -0.3 is 9.33 Å². The van der Waals surface area contributed by atoms with Crippen molar-refractivity contribution in [3.8, 4) is 0 Å². The van der Waals surface area contributed by atoms with Crippen LogP contribution in [0.25, 0.3) is 0 Å². The van der Waals surface area contributed by atoms with Crippen LogP contribution in [0.15, 0.2) is 12.2 Å². The molecule has 2 heterocycles. The number of carbonyl (C=O) groups is 1. The zero-order valence-corrected chi connectivity index (χ0v) is 13.4. The van der Waals surface area contributed by atoms with Crippen molar-refractivity contribution in [2.75, 3.05) is 6.54 Å². The lowest BCUT2D eigenvalue weighted by atomic mass is 9.85. The van der Waals surface area contributed by atoms with Gasteiger partial charge in [0.05, 0.1) is 18.1 Å². The molecule has 1 amide bonds. The smallest absolute Gasteiger partial charge is 0.231 e. The van der Waals surface area contributed by atoms with Gasteiger partial charge in [-0.2, -0.15) is 0 Å². The van der Waals surface area contributed by atoms with E-state index in [2.05, 4.69) is 52.9 Å². The Balaban J connectivity index is 2.03. The van der Waals surface area contributed by atoms with Gasteiger partial charge in [-0.15, -0.1) is 0 Å². The Morgan fingerprint density at radius 1 is 1.44 bits per heavy atom. The zero-order chi connectivity index (χ0) is 13.7. The van der Waals surface area contributed by atoms with E-state index in [1.165, 1.54) is 0 Å². The lowest BCUT2D eigenvalue weighted by molar-refractivity contribution is -0.156. The molecule has 1 fully saturated rings. The first kappa shape index (κ1) is 13.8. The second-order valence-corrected chi connectivity index (χ2v) is 11.8. The quantitative estimate of drug-likeness (QED) is 0.447. The molecule has 0 saturated carbocycles. The van der Waals surface area contributed by atoms with Crippen molar-refractivity contribution in [2.45, 2.75) is 58.0 Å². The molecule has 4 heteroatoms. The highest BCUT2D eigenvalue weighted by molar-refractivity contribution is 6.74. The van der Waals surface area contributed by atoms with Crippen molar-refractivity contribution >= 4 is 14.2 Å². The van der Waals surface area contributed by atoms with E-state index in [0.717, 1.165) is 6.54 Å². The van der Waals surface area contributed by atoms with Crippen LogP contribution in [0.1, 0.15) is 27.7 Å². The lowest BCUT2D eigenvalue weighted by Gasteiger charge is -2.48. The highest BCUT2D eigenvalue weighted by atomic mass is 28.4. The second kappa shape index (κ2) is 4.20. The summed E-state index contributed by atoms with van der Waals surface area (Å²) in [6.45, 7) is 14.0. The summed E-state index contributed by atoms with van der Waals surface area (Å²) in [5.41, 5.74) is 0. The number of amides is 1. The average molecular weight is 267 g/mol. The topological polar surface area (TPSA) is 29.5 Å². The SMILES string of the molecule is C[C@@H](O[Si](C)(C)C(C)(C)C)[C@H]1C(=O)N2CC=C[C@H]12. The molecule has 0 aromatic rings. The van der Waals surface area contributed by atoms with E-state index in [4.69, 9.17) is 4.43 Å². The molecule has 0 unspecified atom stereocenters. The van der Waals surface area contributed by atoms with Gasteiger partial charge in [0.15, 0.2) is 8.32 Å². The van der Waals surface area contributed by atoms with E-state index >= 15 is 0 Å². The van der Waals surface area contributed by atoms with Gasteiger partial charge in [0, 0.05) is 6.54 Å². The summed E-state index contributed by atoms with van der Waals surface area (Å²) in [7, 11) is -1.78. The first-order valence-corrected chi connectivity index (χ1v) is 9.71. The maximum atomic E-state index is 12.0. The van der Waals surface area contributed by atoms with Gasteiger partial charge in [0.1, 0.15) is 0 Å². The molecule has 0 N–H and O–H groups in total. The molecule has 0 spiro atoms. The highest BCUT2D eigenvalue weighted by Crippen LogP contribution is 2.41. The number of hydrogen-bond donors (Lipinski definition) is 0. The Labute approximate surface area is 111 Å². The predicted octanol–water partition coefficient (Wildman–Crippen LogP) is 2.79. The highest BCUT2D eigenvalue weighted by Gasteiger charge is 2.52. The number of hydrogen-bond acceptors (Lipinski definition) is 2. The fraction of sp³-hybridized carbons (Fsp3) is 0.786. The Kier molecular flexibility index (Phi) is 3.22. The Bertz CT molecular complexity index is 384. The molecule has 0 radical (unpaired) electrons. The van der Waals surface area contributed by atoms with E-state index in [0.29, 0.717) is 0 Å². The molecule has 0 aromatic heterocycles. The summed E-state index contributed by atoms with van der Waals surface area (Å²) in [5.74, 6) is 0.300. The van der Waals surface area contributed by atoms with E-state index in [1.807, 2.05) is 4.90 Å². The summed E-state index contributed by atoms with van der Waals surface area (Å²) < 4.78 is 6.34. The average Bonchev–Trinajstić information content (AvgIpc) is 2.58. The monoisotopic (exact) mass is 267 g/mol. The number of β-lactam (4-membered cyclic amide) rings is 1. The molecular formula is C14H25NO2Si. The number of fused-ring (bicyclic) bond motifs is 1. The summed E-state index contributed by atoms with van der Waals surface area (Å²) >= 11 is 0. The van der Waals surface area contributed by atoms with Crippen LogP contribution in [-0.2, 0) is 9.22 Å². The Morgan fingerprint density at radius 2 is 2.06 bits per heavy atom. The van der Waals surface area contributed by atoms with Crippen molar-refractivity contribution in [3.63, 3.8) is 0 Å². The Morgan fingerprint density at radius 3 is 2.61 bits per heavy atom. The van der Waals surface area contributed by atoms with Gasteiger partial charge in [-0.25, -0.2) is 0 Å². The number of nitrogens with zero attached hydrogens (tertiary/aromatic N) is 1. The molecule has 2 rings (SSSR count). The van der Waals surface area contributed by atoms with Crippen LogP contribution in [-0.4, -0.2) is 37.8 Å². The molecule has 0 bridgehead atoms. The van der Waals surface area contributed by atoms with Crippen molar-refractivity contribution in [2.24, 2.45) is 5.92 Å². The predicted molar refractivity (Wildman–Crippen MR) is 75.9 cm³/mol. The third-order valence-corrected chi connectivity index (χ3v) is 9.30. The largest absolute Gasteiger partial charge is 0.413 e. The van der Waals surface area contributed by atoms with Gasteiger partial charge in [0.25, 0.3) is 0 Å². The fourth-order valence-electron chi connectivity index (χ4n) is 2.54. The lowest BCUT2D eigenvalue weighted by Crippen LogP contribution is -2.63. The van der Waals surface area contributed by atoms with Crippen LogP contribution in [0, 0.1) is 5.92 Å². The first-order valence-electron chi connectivity index (χ1n) is 6.80. The standard InChI is InChI=1S/C14H25NO2Si/c1-10(17-18(5,6)14(2,3)4)12-11-8-7-9-15(11)13(12)16/h7-8,10-12H,9H2,1-6H3/t10-,11-,12-/m1/s1. The van der Waals surface area contributed by atoms with Crippen molar-refractivity contribution in [1.29, 1.82) is 0 Å². The van der Waals surface area contributed by atoms with Gasteiger partial charge >= 0.3 is 0 Å². The summed E-state index contributed by atoms with van der Waals surface area (Å²) in [5, 5.41) is 0.194. The van der Waals surface area contributed by atoms with E-state index in [9.17, 15) is 4.79 Å². The first-order chi connectivity index (χ1) is 8.15. The molecule has 2 aliphatic heterocycles. The minimum Gasteiger partial charge on any atom is -0.413 e. The minimum absolute atomic E-state index is 0.0300. The number of carbonyl (C=O) groups excluding carboxylic acids is 1. The molecule has 1 saturated heterocycles. The van der Waals surface area contributed by atoms with Gasteiger partial charge in [-0.3, -0.25) is 4.79 Å². The van der Waals surface area contributed by atoms with Crippen LogP contribution in [0.5, 0.6) is 0 Å². The normalized spacial score (nSPS) is 29.2. The maximum absolute atomic E-state index is 12.0. The van der Waals surface area contributed by atoms with Gasteiger partial charge in [0.2, 0.25) is 5.91 Å². The Hall–Kier alpha value is -0.613. The molecule has 102 valence electrons. The molecule has 0 aliphatic carbocycles. The van der Waals surface area contributed by atoms with E-state index < -0.39 is 8.32 Å². The van der Waals surface area contributed by atoms with Crippen LogP contribution in [0.4, 0.5) is 0 Å². The molecular weight excluding hydrogens is 242 g/mol. The third kappa shape index (κ3) is 2.05. The maximum Gasteiger partial charge on any atom is 0.231 e. The molecule has 0 aromatic carbocycles. The second-order valence-electron chi connectivity index (χ2n) is 7.02. The molecule has 18 heavy (non-hydrogen) atoms. The van der Waals surface area contributed by atoms with Crippen molar-refractivity contribution in [1.82, 2.24) is 4.90 Å². The number of rotatable bonds is 3. The van der Waals surface area contributed by atoms with Crippen molar-refractivity contribution in [3.05, 3.63) is 12.2 Å². The third-order valence-electron chi connectivity index (χ3n) is 4.72. The fourth-order valence-corrected chi connectivity index (χ4v) is 3.97. The van der Waals surface area contributed by atoms with Crippen LogP contribution in [0.2, 0.25) is 18.1 Å². The van der Waals surface area contributed by atoms with Crippen LogP contribution >= 0.6 is 0 Å². The molecule has 2 aliphatic rings. The van der Waals surface area contributed by atoms with E-state index in [1.54, 1.807) is 0 Å². The summed E-state index contributed by atoms with van der Waals surface area (Å²) in [6, 6.07) is 0.289. The molecule has 3 atom stereocenters. The summed E-state index contributed by atoms with van der Waals surface area (Å²) in [6.07, 6.45) is 4.27. The minimum atomic E-state index is -1.78. The van der Waals surface area contributed by atoms with Gasteiger partial charge in [-0.05, 0) is 25.1 Å². The van der Waals surface area contributed by atoms with Crippen LogP contribution in [0.3, 0.4) is 0 Å². The summed E-state index contributed by atoms with van der Waals surface area (Å²) in [4.78, 5) is 14.0. The molecule has 3 nitrogen and oxygen atoms in total.